The number of pyridine rings is 1. The van der Waals surface area contributed by atoms with Crippen LogP contribution in [0.3, 0.4) is 0 Å². The van der Waals surface area contributed by atoms with E-state index in [9.17, 15) is 4.39 Å². The molecule has 6 nitrogen and oxygen atoms in total. The molecule has 0 aliphatic rings. The summed E-state index contributed by atoms with van der Waals surface area (Å²) in [4.78, 5) is 4.23. The van der Waals surface area contributed by atoms with Crippen molar-refractivity contribution in [3.05, 3.63) is 42.4 Å². The first kappa shape index (κ1) is 13.3. The predicted molar refractivity (Wildman–Crippen MR) is 79.2 cm³/mol. The molecule has 3 rings (SSSR count). The van der Waals surface area contributed by atoms with Crippen molar-refractivity contribution >= 4 is 22.3 Å². The number of hydrogen-bond acceptors (Lipinski definition) is 5. The normalized spacial score (nSPS) is 12.5. The van der Waals surface area contributed by atoms with E-state index in [0.717, 1.165) is 0 Å². The third-order valence-corrected chi connectivity index (χ3v) is 3.37. The van der Waals surface area contributed by atoms with Gasteiger partial charge >= 0.3 is 0 Å². The van der Waals surface area contributed by atoms with Crippen LogP contribution in [0.15, 0.2) is 30.7 Å². The van der Waals surface area contributed by atoms with E-state index in [2.05, 4.69) is 20.5 Å². The van der Waals surface area contributed by atoms with Gasteiger partial charge in [0, 0.05) is 24.3 Å². The fraction of sp³-hybridized carbons (Fsp3) is 0.214. The number of nitrogen functional groups attached to an aromatic ring is 1. The topological polar surface area (TPSA) is 81.7 Å². The second kappa shape index (κ2) is 5.01. The summed E-state index contributed by atoms with van der Waals surface area (Å²) in [7, 11) is 1.84. The van der Waals surface area contributed by atoms with Gasteiger partial charge < -0.3 is 15.6 Å². The second-order valence-electron chi connectivity index (χ2n) is 4.89. The lowest BCUT2D eigenvalue weighted by atomic mass is 10.1. The molecule has 108 valence electrons. The van der Waals surface area contributed by atoms with Crippen molar-refractivity contribution in [3.63, 3.8) is 0 Å². The summed E-state index contributed by atoms with van der Waals surface area (Å²) in [6.07, 6.45) is 3.21. The summed E-state index contributed by atoms with van der Waals surface area (Å²) in [5.41, 5.74) is 7.03. The lowest BCUT2D eigenvalue weighted by molar-refractivity contribution is 0.626. The van der Waals surface area contributed by atoms with Gasteiger partial charge in [0.25, 0.3) is 0 Å². The summed E-state index contributed by atoms with van der Waals surface area (Å²) < 4.78 is 16.0. The monoisotopic (exact) mass is 286 g/mol. The van der Waals surface area contributed by atoms with Crippen molar-refractivity contribution in [1.29, 1.82) is 0 Å². The maximum Gasteiger partial charge on any atom is 0.154 e. The highest BCUT2D eigenvalue weighted by Crippen LogP contribution is 2.31. The minimum atomic E-state index is -0.437. The van der Waals surface area contributed by atoms with Crippen LogP contribution in [0.5, 0.6) is 0 Å². The quantitative estimate of drug-likeness (QED) is 0.722. The molecular formula is C14H15FN6. The SMILES string of the molecule is CC(Nc1c(F)cc(N)c2cccnc12)c1nncn1C. The average Bonchev–Trinajstić information content (AvgIpc) is 2.89. The summed E-state index contributed by atoms with van der Waals surface area (Å²) in [5.74, 6) is 0.267. The summed E-state index contributed by atoms with van der Waals surface area (Å²) in [6.45, 7) is 1.88. The van der Waals surface area contributed by atoms with Crippen molar-refractivity contribution in [2.24, 2.45) is 7.05 Å². The van der Waals surface area contributed by atoms with E-state index in [4.69, 9.17) is 5.73 Å². The molecule has 0 spiro atoms. The van der Waals surface area contributed by atoms with Crippen LogP contribution in [0.25, 0.3) is 10.9 Å². The number of nitrogens with two attached hydrogens (primary N) is 1. The maximum atomic E-state index is 14.3. The number of anilines is 2. The number of nitrogens with one attached hydrogen (secondary N) is 1. The molecule has 1 atom stereocenters. The molecule has 2 aromatic heterocycles. The Morgan fingerprint density at radius 2 is 2.24 bits per heavy atom. The molecule has 3 N–H and O–H groups in total. The first-order chi connectivity index (χ1) is 10.1. The lowest BCUT2D eigenvalue weighted by Crippen LogP contribution is -2.13. The van der Waals surface area contributed by atoms with Gasteiger partial charge in [0.15, 0.2) is 11.6 Å². The average molecular weight is 286 g/mol. The molecule has 0 amide bonds. The molecular weight excluding hydrogens is 271 g/mol. The zero-order valence-corrected chi connectivity index (χ0v) is 11.7. The first-order valence-corrected chi connectivity index (χ1v) is 6.51. The fourth-order valence-electron chi connectivity index (χ4n) is 2.34. The van der Waals surface area contributed by atoms with Crippen molar-refractivity contribution < 1.29 is 4.39 Å². The van der Waals surface area contributed by atoms with Crippen molar-refractivity contribution in [1.82, 2.24) is 19.7 Å². The molecule has 7 heteroatoms. The highest BCUT2D eigenvalue weighted by molar-refractivity contribution is 5.98. The maximum absolute atomic E-state index is 14.3. The van der Waals surface area contributed by atoms with Crippen LogP contribution in [-0.4, -0.2) is 19.7 Å². The first-order valence-electron chi connectivity index (χ1n) is 6.51. The third-order valence-electron chi connectivity index (χ3n) is 3.37. The second-order valence-corrected chi connectivity index (χ2v) is 4.89. The number of halogens is 1. The standard InChI is InChI=1S/C14H15FN6/c1-8(14-20-18-7-21(14)2)19-13-10(15)6-11(16)9-4-3-5-17-12(9)13/h3-8,19H,16H2,1-2H3. The van der Waals surface area contributed by atoms with Crippen LogP contribution < -0.4 is 11.1 Å². The third kappa shape index (κ3) is 2.26. The van der Waals surface area contributed by atoms with Crippen LogP contribution in [0.4, 0.5) is 15.8 Å². The Morgan fingerprint density at radius 1 is 1.43 bits per heavy atom. The smallest absolute Gasteiger partial charge is 0.154 e. The largest absolute Gasteiger partial charge is 0.398 e. The molecule has 0 saturated carbocycles. The van der Waals surface area contributed by atoms with E-state index in [-0.39, 0.29) is 6.04 Å². The Labute approximate surface area is 120 Å². The number of rotatable bonds is 3. The Kier molecular flexibility index (Phi) is 3.17. The van der Waals surface area contributed by atoms with Gasteiger partial charge in [-0.15, -0.1) is 10.2 Å². The number of nitrogens with zero attached hydrogens (tertiary/aromatic N) is 4. The Morgan fingerprint density at radius 3 is 2.95 bits per heavy atom. The van der Waals surface area contributed by atoms with E-state index >= 15 is 0 Å². The molecule has 3 aromatic rings. The molecule has 1 unspecified atom stereocenters. The number of aromatic nitrogens is 4. The number of hydrogen-bond donors (Lipinski definition) is 2. The lowest BCUT2D eigenvalue weighted by Gasteiger charge is -2.17. The summed E-state index contributed by atoms with van der Waals surface area (Å²) in [6, 6.07) is 4.66. The van der Waals surface area contributed by atoms with E-state index in [0.29, 0.717) is 28.1 Å². The number of aryl methyl sites for hydroxylation is 1. The summed E-state index contributed by atoms with van der Waals surface area (Å²) in [5, 5.41) is 11.7. The molecule has 2 heterocycles. The van der Waals surface area contributed by atoms with Gasteiger partial charge in [-0.1, -0.05) is 0 Å². The molecule has 0 aliphatic heterocycles. The highest BCUT2D eigenvalue weighted by Gasteiger charge is 2.17. The minimum Gasteiger partial charge on any atom is -0.398 e. The van der Waals surface area contributed by atoms with E-state index in [1.54, 1.807) is 23.2 Å². The Balaban J connectivity index is 2.07. The molecule has 0 fully saturated rings. The van der Waals surface area contributed by atoms with Crippen molar-refractivity contribution in [2.45, 2.75) is 13.0 Å². The molecule has 0 bridgehead atoms. The molecule has 0 radical (unpaired) electrons. The van der Waals surface area contributed by atoms with Gasteiger partial charge in [0.05, 0.1) is 17.2 Å². The Hall–Kier alpha value is -2.70. The fourth-order valence-corrected chi connectivity index (χ4v) is 2.34. The van der Waals surface area contributed by atoms with Gasteiger partial charge in [-0.05, 0) is 25.1 Å². The van der Waals surface area contributed by atoms with E-state index in [1.807, 2.05) is 20.0 Å². The van der Waals surface area contributed by atoms with Gasteiger partial charge in [-0.25, -0.2) is 4.39 Å². The number of benzene rings is 1. The van der Waals surface area contributed by atoms with Crippen molar-refractivity contribution in [2.75, 3.05) is 11.1 Å². The van der Waals surface area contributed by atoms with Gasteiger partial charge in [0.2, 0.25) is 0 Å². The van der Waals surface area contributed by atoms with Gasteiger partial charge in [0.1, 0.15) is 6.33 Å². The van der Waals surface area contributed by atoms with Gasteiger partial charge in [-0.3, -0.25) is 4.98 Å². The van der Waals surface area contributed by atoms with E-state index in [1.165, 1.54) is 6.07 Å². The highest BCUT2D eigenvalue weighted by atomic mass is 19.1. The molecule has 0 aliphatic carbocycles. The predicted octanol–water partition coefficient (Wildman–Crippen LogP) is 2.26. The molecule has 21 heavy (non-hydrogen) atoms. The van der Waals surface area contributed by atoms with Crippen molar-refractivity contribution in [3.8, 4) is 0 Å². The summed E-state index contributed by atoms with van der Waals surface area (Å²) >= 11 is 0. The van der Waals surface area contributed by atoms with Crippen LogP contribution in [0.1, 0.15) is 18.8 Å². The number of fused-ring (bicyclic) bond motifs is 1. The van der Waals surface area contributed by atoms with E-state index < -0.39 is 5.82 Å². The van der Waals surface area contributed by atoms with Crippen LogP contribution in [0.2, 0.25) is 0 Å². The molecule has 0 saturated heterocycles. The minimum absolute atomic E-state index is 0.221. The molecule has 1 aromatic carbocycles. The van der Waals surface area contributed by atoms with Crippen LogP contribution in [0, 0.1) is 5.82 Å². The Bertz CT molecular complexity index is 797. The zero-order valence-electron chi connectivity index (χ0n) is 11.7. The van der Waals surface area contributed by atoms with Crippen LogP contribution >= 0.6 is 0 Å². The van der Waals surface area contributed by atoms with Gasteiger partial charge in [-0.2, -0.15) is 0 Å². The zero-order chi connectivity index (χ0) is 15.0. The van der Waals surface area contributed by atoms with Crippen LogP contribution in [-0.2, 0) is 7.05 Å².